The lowest BCUT2D eigenvalue weighted by molar-refractivity contribution is -0.121. The Morgan fingerprint density at radius 2 is 1.38 bits per heavy atom. The van der Waals surface area contributed by atoms with Crippen LogP contribution in [0.2, 0.25) is 0 Å². The number of unbranched alkanes of at least 4 members (excludes halogenated alkanes) is 10. The van der Waals surface area contributed by atoms with Gasteiger partial charge in [0.15, 0.2) is 0 Å². The molecule has 0 aromatic rings. The van der Waals surface area contributed by atoms with Crippen molar-refractivity contribution in [1.82, 2.24) is 0 Å². The highest BCUT2D eigenvalue weighted by Crippen LogP contribution is 2.28. The largest absolute Gasteiger partial charge is 0.300 e. The van der Waals surface area contributed by atoms with Crippen LogP contribution in [0.5, 0.6) is 0 Å². The lowest BCUT2D eigenvalue weighted by Crippen LogP contribution is -2.21. The van der Waals surface area contributed by atoms with Gasteiger partial charge >= 0.3 is 0 Å². The van der Waals surface area contributed by atoms with Gasteiger partial charge in [-0.3, -0.25) is 4.79 Å². The molecule has 0 aliphatic carbocycles. The Hall–Kier alpha value is -0.850. The Bertz CT molecular complexity index is 380. The van der Waals surface area contributed by atoms with E-state index in [-0.39, 0.29) is 5.92 Å². The van der Waals surface area contributed by atoms with E-state index in [1.165, 1.54) is 70.6 Å². The van der Waals surface area contributed by atoms with E-state index in [0.717, 1.165) is 24.8 Å². The van der Waals surface area contributed by atoms with Gasteiger partial charge in [-0.25, -0.2) is 0 Å². The van der Waals surface area contributed by atoms with Crippen LogP contribution in [0, 0.1) is 11.8 Å². The highest BCUT2D eigenvalue weighted by molar-refractivity contribution is 5.79. The Labute approximate surface area is 164 Å². The second-order valence-corrected chi connectivity index (χ2v) is 8.23. The number of carbonyl (C=O) groups excluding carboxylic acids is 1. The maximum Gasteiger partial charge on any atom is 0.133 e. The van der Waals surface area contributed by atoms with Crippen molar-refractivity contribution >= 4 is 5.78 Å². The molecule has 0 radical (unpaired) electrons. The fourth-order valence-corrected chi connectivity index (χ4v) is 3.70. The van der Waals surface area contributed by atoms with E-state index in [2.05, 4.69) is 39.5 Å². The van der Waals surface area contributed by atoms with Crippen molar-refractivity contribution in [2.75, 3.05) is 0 Å². The number of allylic oxidation sites excluding steroid dienone is 3. The summed E-state index contributed by atoms with van der Waals surface area (Å²) in [5, 5.41) is 0. The van der Waals surface area contributed by atoms with Gasteiger partial charge in [0.1, 0.15) is 5.78 Å². The number of hydrogen-bond donors (Lipinski definition) is 0. The summed E-state index contributed by atoms with van der Waals surface area (Å²) in [5.74, 6) is 0.849. The van der Waals surface area contributed by atoms with Crippen LogP contribution >= 0.6 is 0 Å². The van der Waals surface area contributed by atoms with Crippen molar-refractivity contribution in [3.63, 3.8) is 0 Å². The van der Waals surface area contributed by atoms with Crippen LogP contribution in [0.15, 0.2) is 24.3 Å². The summed E-state index contributed by atoms with van der Waals surface area (Å²) in [6, 6.07) is 0. The predicted molar refractivity (Wildman–Crippen MR) is 118 cm³/mol. The minimum atomic E-state index is 0.125. The molecule has 0 aromatic heterocycles. The van der Waals surface area contributed by atoms with Gasteiger partial charge in [-0.1, -0.05) is 95.8 Å². The van der Waals surface area contributed by atoms with Crippen LogP contribution in [0.25, 0.3) is 0 Å². The molecule has 2 unspecified atom stereocenters. The number of rotatable bonds is 18. The van der Waals surface area contributed by atoms with Gasteiger partial charge in [0.05, 0.1) is 0 Å². The molecule has 0 spiro atoms. The molecule has 0 heterocycles. The smallest absolute Gasteiger partial charge is 0.133 e. The van der Waals surface area contributed by atoms with E-state index in [0.29, 0.717) is 11.7 Å². The summed E-state index contributed by atoms with van der Waals surface area (Å²) >= 11 is 0. The van der Waals surface area contributed by atoms with Crippen LogP contribution < -0.4 is 0 Å². The van der Waals surface area contributed by atoms with Gasteiger partial charge in [-0.2, -0.15) is 0 Å². The van der Waals surface area contributed by atoms with Gasteiger partial charge in [0.25, 0.3) is 0 Å². The zero-order valence-corrected chi connectivity index (χ0v) is 18.3. The van der Waals surface area contributed by atoms with Crippen molar-refractivity contribution in [2.45, 2.75) is 118 Å². The zero-order valence-electron chi connectivity index (χ0n) is 18.3. The van der Waals surface area contributed by atoms with Crippen molar-refractivity contribution in [3.05, 3.63) is 24.3 Å². The molecule has 0 saturated carbocycles. The van der Waals surface area contributed by atoms with Crippen molar-refractivity contribution in [2.24, 2.45) is 11.8 Å². The third-order valence-electron chi connectivity index (χ3n) is 5.36. The van der Waals surface area contributed by atoms with E-state index in [9.17, 15) is 4.79 Å². The second kappa shape index (κ2) is 17.6. The van der Waals surface area contributed by atoms with Gasteiger partial charge in [-0.05, 0) is 45.4 Å². The summed E-state index contributed by atoms with van der Waals surface area (Å²) in [6.45, 7) is 12.4. The maximum atomic E-state index is 12.2. The molecule has 0 saturated heterocycles. The average Bonchev–Trinajstić information content (AvgIpc) is 2.60. The van der Waals surface area contributed by atoms with Gasteiger partial charge in [0, 0.05) is 5.92 Å². The molecule has 0 aliphatic rings. The van der Waals surface area contributed by atoms with Crippen molar-refractivity contribution in [1.29, 1.82) is 0 Å². The first-order valence-corrected chi connectivity index (χ1v) is 11.3. The third-order valence-corrected chi connectivity index (χ3v) is 5.36. The Morgan fingerprint density at radius 3 is 1.92 bits per heavy atom. The second-order valence-electron chi connectivity index (χ2n) is 8.23. The molecule has 0 amide bonds. The molecular formula is C25H46O. The summed E-state index contributed by atoms with van der Waals surface area (Å²) in [7, 11) is 0. The molecule has 0 bridgehead atoms. The van der Waals surface area contributed by atoms with Gasteiger partial charge in [0.2, 0.25) is 0 Å². The Balaban J connectivity index is 4.48. The molecule has 2 atom stereocenters. The van der Waals surface area contributed by atoms with Crippen molar-refractivity contribution < 1.29 is 4.79 Å². The minimum Gasteiger partial charge on any atom is -0.300 e. The molecule has 1 nitrogen and oxygen atoms in total. The monoisotopic (exact) mass is 362 g/mol. The summed E-state index contributed by atoms with van der Waals surface area (Å²) < 4.78 is 0. The Kier molecular flexibility index (Phi) is 17.0. The Morgan fingerprint density at radius 1 is 0.846 bits per heavy atom. The first-order chi connectivity index (χ1) is 12.5. The fourth-order valence-electron chi connectivity index (χ4n) is 3.70. The van der Waals surface area contributed by atoms with E-state index in [1.807, 2.05) is 0 Å². The molecule has 26 heavy (non-hydrogen) atoms. The summed E-state index contributed by atoms with van der Waals surface area (Å²) in [5.41, 5.74) is 1.13. The van der Waals surface area contributed by atoms with Crippen LogP contribution in [0.4, 0.5) is 0 Å². The lowest BCUT2D eigenvalue weighted by Gasteiger charge is -2.23. The molecule has 0 aromatic carbocycles. The van der Waals surface area contributed by atoms with Crippen LogP contribution in [0.1, 0.15) is 118 Å². The van der Waals surface area contributed by atoms with E-state index < -0.39 is 0 Å². The van der Waals surface area contributed by atoms with Gasteiger partial charge < -0.3 is 0 Å². The molecule has 0 fully saturated rings. The molecular weight excluding hydrogens is 316 g/mol. The predicted octanol–water partition coefficient (Wildman–Crippen LogP) is 8.44. The van der Waals surface area contributed by atoms with Gasteiger partial charge in [-0.15, -0.1) is 6.58 Å². The van der Waals surface area contributed by atoms with Crippen LogP contribution in [-0.2, 0) is 4.79 Å². The SMILES string of the molecule is C=C(C)CC(C(C)=O)C(/C=C/CCCCCC)CCCCCCCCC. The third kappa shape index (κ3) is 14.3. The number of hydrogen-bond acceptors (Lipinski definition) is 1. The molecule has 0 N–H and O–H groups in total. The quantitative estimate of drug-likeness (QED) is 0.176. The maximum absolute atomic E-state index is 12.2. The number of ketones is 1. The average molecular weight is 363 g/mol. The molecule has 152 valence electrons. The highest BCUT2D eigenvalue weighted by atomic mass is 16.1. The van der Waals surface area contributed by atoms with E-state index >= 15 is 0 Å². The van der Waals surface area contributed by atoms with Crippen molar-refractivity contribution in [3.8, 4) is 0 Å². The van der Waals surface area contributed by atoms with Crippen LogP contribution in [0.3, 0.4) is 0 Å². The molecule has 0 rings (SSSR count). The standard InChI is InChI=1S/C25H46O/c1-6-8-10-12-14-16-18-20-24(19-17-15-13-11-9-7-2)25(23(5)26)21-22(3)4/h17,19,24-25H,3,6-16,18,20-21H2,1-2,4-5H3/b19-17+. The number of Topliss-reactive ketones (excluding diaryl/α,β-unsaturated/α-hetero) is 1. The minimum absolute atomic E-state index is 0.125. The first-order valence-electron chi connectivity index (χ1n) is 11.3. The van der Waals surface area contributed by atoms with E-state index in [1.54, 1.807) is 6.92 Å². The van der Waals surface area contributed by atoms with Crippen LogP contribution in [-0.4, -0.2) is 5.78 Å². The topological polar surface area (TPSA) is 17.1 Å². The summed E-state index contributed by atoms with van der Waals surface area (Å²) in [4.78, 5) is 12.2. The highest BCUT2D eigenvalue weighted by Gasteiger charge is 2.23. The normalized spacial score (nSPS) is 13.8. The zero-order chi connectivity index (χ0) is 19.6. The lowest BCUT2D eigenvalue weighted by atomic mass is 9.81. The fraction of sp³-hybridized carbons (Fsp3) is 0.800. The molecule has 1 heteroatoms. The van der Waals surface area contributed by atoms with E-state index in [4.69, 9.17) is 0 Å². The molecule has 0 aliphatic heterocycles. The summed E-state index contributed by atoms with van der Waals surface area (Å²) in [6.07, 6.45) is 22.4. The first kappa shape index (κ1) is 25.1. The number of carbonyl (C=O) groups is 1.